The molecule has 0 fully saturated rings. The molecule has 3 aromatic rings. The molecule has 27 heavy (non-hydrogen) atoms. The van der Waals surface area contributed by atoms with Gasteiger partial charge in [0.15, 0.2) is 5.13 Å². The van der Waals surface area contributed by atoms with Crippen molar-refractivity contribution in [1.82, 2.24) is 4.98 Å². The molecule has 0 unspecified atom stereocenters. The zero-order valence-corrected chi connectivity index (χ0v) is 16.5. The molecule has 0 aliphatic carbocycles. The summed E-state index contributed by atoms with van der Waals surface area (Å²) in [6.07, 6.45) is 0. The number of benzene rings is 2. The molecule has 5 nitrogen and oxygen atoms in total. The zero-order chi connectivity index (χ0) is 19.6. The van der Waals surface area contributed by atoms with Gasteiger partial charge in [-0.1, -0.05) is 17.7 Å². The van der Waals surface area contributed by atoms with E-state index in [0.717, 1.165) is 11.3 Å². The Bertz CT molecular complexity index is 994. The number of carbonyl (C=O) groups is 2. The Morgan fingerprint density at radius 1 is 1.00 bits per heavy atom. The average molecular weight is 384 g/mol. The van der Waals surface area contributed by atoms with Crippen molar-refractivity contribution in [2.75, 3.05) is 10.6 Å². The predicted octanol–water partition coefficient (Wildman–Crippen LogP) is 5.44. The lowest BCUT2D eigenvalue weighted by Gasteiger charge is -2.08. The van der Waals surface area contributed by atoms with Gasteiger partial charge in [-0.25, -0.2) is 4.98 Å². The molecule has 0 bridgehead atoms. The topological polar surface area (TPSA) is 71.1 Å². The monoisotopic (exact) mass is 383 g/mol. The molecule has 1 aromatic heterocycles. The summed E-state index contributed by atoms with van der Waals surface area (Å²) >= 11 is 1.40. The maximum absolute atomic E-state index is 12.4. The van der Waals surface area contributed by atoms with Gasteiger partial charge in [-0.15, -0.1) is 11.3 Å². The average Bonchev–Trinajstić information content (AvgIpc) is 3.02. The summed E-state index contributed by atoms with van der Waals surface area (Å²) in [6, 6.07) is 11.0. The Balaban J connectivity index is 0.00000210. The molecule has 2 aromatic carbocycles. The van der Waals surface area contributed by atoms with Crippen molar-refractivity contribution < 1.29 is 12.4 Å². The molecule has 1 heterocycles. The molecule has 0 radical (unpaired) electrons. The molecule has 0 spiro atoms. The van der Waals surface area contributed by atoms with Crippen LogP contribution in [0.5, 0.6) is 0 Å². The van der Waals surface area contributed by atoms with Gasteiger partial charge in [-0.2, -0.15) is 0 Å². The summed E-state index contributed by atoms with van der Waals surface area (Å²) in [5.41, 5.74) is 6.70. The second-order valence-corrected chi connectivity index (χ2v) is 7.38. The lowest BCUT2D eigenvalue weighted by Crippen LogP contribution is -2.12. The SMILES string of the molecule is CC(=O)Nc1ccc(C(=O)Nc2nc(-c3c(C)cc(C)cc3C)cs2)cc1.[HH].[HH]. The molecule has 2 amide bonds. The normalized spacial score (nSPS) is 10.5. The van der Waals surface area contributed by atoms with Crippen molar-refractivity contribution in [3.63, 3.8) is 0 Å². The summed E-state index contributed by atoms with van der Waals surface area (Å²) in [6.45, 7) is 7.67. The van der Waals surface area contributed by atoms with Crippen molar-refractivity contribution in [2.24, 2.45) is 0 Å². The third kappa shape index (κ3) is 4.41. The molecule has 0 atom stereocenters. The number of nitrogens with one attached hydrogen (secondary N) is 2. The smallest absolute Gasteiger partial charge is 0.257 e. The van der Waals surface area contributed by atoms with Gasteiger partial charge in [-0.05, 0) is 56.2 Å². The number of nitrogens with zero attached hydrogens (tertiary/aromatic N) is 1. The summed E-state index contributed by atoms with van der Waals surface area (Å²) in [5, 5.41) is 8.03. The van der Waals surface area contributed by atoms with E-state index in [-0.39, 0.29) is 14.7 Å². The van der Waals surface area contributed by atoms with Gasteiger partial charge in [0, 0.05) is 32.0 Å². The summed E-state index contributed by atoms with van der Waals surface area (Å²) < 4.78 is 0. The predicted molar refractivity (Wildman–Crippen MR) is 115 cm³/mol. The number of hydrogen-bond donors (Lipinski definition) is 2. The highest BCUT2D eigenvalue weighted by atomic mass is 32.1. The number of aryl methyl sites for hydroxylation is 3. The standard InChI is InChI=1S/C21H21N3O2S.2H2/c1-12-9-13(2)19(14(3)10-12)18-11-27-21(23-18)24-20(26)16-5-7-17(8-6-16)22-15(4)25;;/h5-11H,1-4H3,(H,22,25)(H,23,24,26);2*1H. The number of thiazole rings is 1. The van der Waals surface area contributed by atoms with Crippen LogP contribution in [0.25, 0.3) is 11.3 Å². The van der Waals surface area contributed by atoms with Gasteiger partial charge in [0.2, 0.25) is 5.91 Å². The molecule has 142 valence electrons. The van der Waals surface area contributed by atoms with Gasteiger partial charge in [-0.3, -0.25) is 14.9 Å². The van der Waals surface area contributed by atoms with Crippen LogP contribution in [0, 0.1) is 20.8 Å². The minimum atomic E-state index is -0.234. The number of hydrogen-bond acceptors (Lipinski definition) is 4. The maximum atomic E-state index is 12.4. The number of aromatic nitrogens is 1. The number of amides is 2. The third-order valence-electron chi connectivity index (χ3n) is 4.13. The van der Waals surface area contributed by atoms with Crippen LogP contribution in [0.3, 0.4) is 0 Å². The quantitative estimate of drug-likeness (QED) is 0.630. The zero-order valence-electron chi connectivity index (χ0n) is 15.7. The summed E-state index contributed by atoms with van der Waals surface area (Å²) in [5.74, 6) is -0.383. The van der Waals surface area contributed by atoms with Crippen LogP contribution in [0.2, 0.25) is 0 Å². The summed E-state index contributed by atoms with van der Waals surface area (Å²) in [7, 11) is 0. The Labute approximate surface area is 165 Å². The van der Waals surface area contributed by atoms with Crippen LogP contribution in [0.15, 0.2) is 41.8 Å². The first-order chi connectivity index (χ1) is 12.8. The van der Waals surface area contributed by atoms with E-state index in [0.29, 0.717) is 16.4 Å². The first kappa shape index (κ1) is 18.8. The molecule has 6 heteroatoms. The van der Waals surface area contributed by atoms with Crippen molar-refractivity contribution in [1.29, 1.82) is 0 Å². The largest absolute Gasteiger partial charge is 0.326 e. The van der Waals surface area contributed by atoms with E-state index in [1.807, 2.05) is 5.38 Å². The van der Waals surface area contributed by atoms with E-state index in [2.05, 4.69) is 48.5 Å². The Kier molecular flexibility index (Phi) is 5.37. The van der Waals surface area contributed by atoms with E-state index >= 15 is 0 Å². The molecule has 0 saturated carbocycles. The van der Waals surface area contributed by atoms with Crippen molar-refractivity contribution in [2.45, 2.75) is 27.7 Å². The minimum absolute atomic E-state index is 0. The van der Waals surface area contributed by atoms with Crippen LogP contribution in [-0.2, 0) is 4.79 Å². The van der Waals surface area contributed by atoms with E-state index < -0.39 is 0 Å². The molecular weight excluding hydrogens is 358 g/mol. The lowest BCUT2D eigenvalue weighted by molar-refractivity contribution is -0.114. The fourth-order valence-electron chi connectivity index (χ4n) is 3.11. The van der Waals surface area contributed by atoms with Crippen LogP contribution in [-0.4, -0.2) is 16.8 Å². The van der Waals surface area contributed by atoms with Gasteiger partial charge in [0.25, 0.3) is 5.91 Å². The van der Waals surface area contributed by atoms with E-state index in [9.17, 15) is 9.59 Å². The van der Waals surface area contributed by atoms with Crippen LogP contribution >= 0.6 is 11.3 Å². The molecule has 3 rings (SSSR count). The van der Waals surface area contributed by atoms with E-state index in [4.69, 9.17) is 0 Å². The van der Waals surface area contributed by atoms with E-state index in [1.54, 1.807) is 24.3 Å². The van der Waals surface area contributed by atoms with Gasteiger partial charge in [0.1, 0.15) is 0 Å². The van der Waals surface area contributed by atoms with Gasteiger partial charge < -0.3 is 5.32 Å². The molecular formula is C21H25N3O2S. The third-order valence-corrected chi connectivity index (χ3v) is 4.88. The van der Waals surface area contributed by atoms with Crippen molar-refractivity contribution >= 4 is 34.0 Å². The van der Waals surface area contributed by atoms with Gasteiger partial charge >= 0.3 is 0 Å². The van der Waals surface area contributed by atoms with Crippen molar-refractivity contribution in [3.05, 3.63) is 64.0 Å². The van der Waals surface area contributed by atoms with Crippen LogP contribution in [0.4, 0.5) is 10.8 Å². The molecule has 0 saturated heterocycles. The van der Waals surface area contributed by atoms with Crippen LogP contribution < -0.4 is 10.6 Å². The van der Waals surface area contributed by atoms with Crippen LogP contribution in [0.1, 0.15) is 36.8 Å². The van der Waals surface area contributed by atoms with Gasteiger partial charge in [0.05, 0.1) is 5.69 Å². The highest BCUT2D eigenvalue weighted by molar-refractivity contribution is 7.14. The number of rotatable bonds is 4. The lowest BCUT2D eigenvalue weighted by atomic mass is 9.98. The number of carbonyl (C=O) groups excluding carboxylic acids is 2. The maximum Gasteiger partial charge on any atom is 0.257 e. The first-order valence-corrected chi connectivity index (χ1v) is 9.44. The summed E-state index contributed by atoms with van der Waals surface area (Å²) in [4.78, 5) is 28.1. The Morgan fingerprint density at radius 2 is 1.63 bits per heavy atom. The highest BCUT2D eigenvalue weighted by Crippen LogP contribution is 2.31. The first-order valence-electron chi connectivity index (χ1n) is 8.56. The minimum Gasteiger partial charge on any atom is -0.326 e. The fraction of sp³-hybridized carbons (Fsp3) is 0.190. The number of anilines is 2. The Morgan fingerprint density at radius 3 is 2.22 bits per heavy atom. The van der Waals surface area contributed by atoms with E-state index in [1.165, 1.54) is 35.0 Å². The van der Waals surface area contributed by atoms with Crippen molar-refractivity contribution in [3.8, 4) is 11.3 Å². The molecule has 2 N–H and O–H groups in total. The molecule has 0 aliphatic heterocycles. The second-order valence-electron chi connectivity index (χ2n) is 6.52. The Hall–Kier alpha value is -2.99. The second kappa shape index (κ2) is 7.72. The highest BCUT2D eigenvalue weighted by Gasteiger charge is 2.13. The molecule has 0 aliphatic rings. The fourth-order valence-corrected chi connectivity index (χ4v) is 3.80.